The number of benzene rings is 1. The van der Waals surface area contributed by atoms with E-state index in [0.29, 0.717) is 11.3 Å². The summed E-state index contributed by atoms with van der Waals surface area (Å²) in [4.78, 5) is 0. The van der Waals surface area contributed by atoms with Gasteiger partial charge in [0.15, 0.2) is 0 Å². The van der Waals surface area contributed by atoms with Crippen molar-refractivity contribution in [3.05, 3.63) is 37.7 Å². The summed E-state index contributed by atoms with van der Waals surface area (Å²) in [5, 5.41) is 6.53. The monoisotopic (exact) mass is 420 g/mol. The van der Waals surface area contributed by atoms with E-state index in [9.17, 15) is 0 Å². The molecular weight excluding hydrogens is 408 g/mol. The highest BCUT2D eigenvalue weighted by Crippen LogP contribution is 2.35. The number of ether oxygens (including phenoxy) is 1. The summed E-state index contributed by atoms with van der Waals surface area (Å²) < 4.78 is 9.76. The third-order valence-corrected chi connectivity index (χ3v) is 3.88. The average Bonchev–Trinajstić information content (AvgIpc) is 2.77. The number of hydrogen-bond acceptors (Lipinski definition) is 4. The third-order valence-electron chi connectivity index (χ3n) is 2.42. The zero-order valence-corrected chi connectivity index (χ0v) is 15.0. The van der Waals surface area contributed by atoms with Crippen molar-refractivity contribution in [2.45, 2.75) is 26.5 Å². The van der Waals surface area contributed by atoms with Crippen LogP contribution in [0.25, 0.3) is 0 Å². The highest BCUT2D eigenvalue weighted by atomic mass is 79.9. The van der Waals surface area contributed by atoms with Crippen molar-refractivity contribution in [1.29, 1.82) is 0 Å². The number of aromatic amines is 1. The molecule has 0 aliphatic rings. The molecule has 1 aromatic heterocycles. The van der Waals surface area contributed by atoms with E-state index in [1.54, 1.807) is 11.0 Å². The molecule has 0 fully saturated rings. The molecule has 2 rings (SSSR count). The molecular formula is C12H14Br2N4OS. The Labute approximate surface area is 139 Å². The Bertz CT molecular complexity index is 630. The van der Waals surface area contributed by atoms with Crippen molar-refractivity contribution in [3.63, 3.8) is 0 Å². The maximum absolute atomic E-state index is 5.75. The van der Waals surface area contributed by atoms with Gasteiger partial charge in [-0.05, 0) is 75.6 Å². The molecule has 2 aromatic rings. The quantitative estimate of drug-likeness (QED) is 0.716. The van der Waals surface area contributed by atoms with Gasteiger partial charge in [0.2, 0.25) is 4.77 Å². The molecule has 5 nitrogen and oxygen atoms in total. The first-order valence-corrected chi connectivity index (χ1v) is 7.97. The van der Waals surface area contributed by atoms with Crippen molar-refractivity contribution >= 4 is 44.1 Å². The van der Waals surface area contributed by atoms with Gasteiger partial charge in [-0.1, -0.05) is 0 Å². The predicted molar refractivity (Wildman–Crippen MR) is 88.1 cm³/mol. The summed E-state index contributed by atoms with van der Waals surface area (Å²) in [6.07, 6.45) is 1.72. The topological polar surface area (TPSA) is 54.9 Å². The van der Waals surface area contributed by atoms with E-state index in [4.69, 9.17) is 17.0 Å². The average molecular weight is 422 g/mol. The molecule has 0 saturated heterocycles. The van der Waals surface area contributed by atoms with Crippen LogP contribution in [0.15, 0.2) is 27.4 Å². The molecule has 0 aliphatic heterocycles. The number of halogens is 2. The van der Waals surface area contributed by atoms with Crippen LogP contribution in [0.2, 0.25) is 0 Å². The smallest absolute Gasteiger partial charge is 0.214 e. The van der Waals surface area contributed by atoms with E-state index in [0.717, 1.165) is 20.3 Å². The molecule has 0 bridgehead atoms. The van der Waals surface area contributed by atoms with E-state index >= 15 is 0 Å². The Kier molecular flexibility index (Phi) is 5.22. The van der Waals surface area contributed by atoms with Crippen molar-refractivity contribution in [3.8, 4) is 5.75 Å². The van der Waals surface area contributed by atoms with Gasteiger partial charge in [-0.15, -0.1) is 0 Å². The summed E-state index contributed by atoms with van der Waals surface area (Å²) in [5.74, 6) is 0.809. The summed E-state index contributed by atoms with van der Waals surface area (Å²) in [6, 6.07) is 4.03. The summed E-state index contributed by atoms with van der Waals surface area (Å²) in [6.45, 7) is 4.61. The minimum Gasteiger partial charge on any atom is -0.489 e. The van der Waals surface area contributed by atoms with Crippen LogP contribution >= 0.6 is 44.1 Å². The van der Waals surface area contributed by atoms with Gasteiger partial charge in [0, 0.05) is 0 Å². The predicted octanol–water partition coefficient (Wildman–Crippen LogP) is 4.00. The van der Waals surface area contributed by atoms with E-state index < -0.39 is 0 Å². The van der Waals surface area contributed by atoms with Crippen LogP contribution in [0.3, 0.4) is 0 Å². The van der Waals surface area contributed by atoms with Gasteiger partial charge in [0.05, 0.1) is 21.6 Å². The first kappa shape index (κ1) is 15.5. The molecule has 8 heteroatoms. The highest BCUT2D eigenvalue weighted by molar-refractivity contribution is 9.11. The van der Waals surface area contributed by atoms with Gasteiger partial charge >= 0.3 is 0 Å². The van der Waals surface area contributed by atoms with Gasteiger partial charge in [-0.2, -0.15) is 5.10 Å². The molecule has 0 aliphatic carbocycles. The Balaban J connectivity index is 2.14. The minimum absolute atomic E-state index is 0.121. The van der Waals surface area contributed by atoms with Crippen LogP contribution in [-0.4, -0.2) is 21.0 Å². The second-order valence-corrected chi connectivity index (χ2v) is 6.52. The second-order valence-electron chi connectivity index (χ2n) is 4.42. The van der Waals surface area contributed by atoms with Gasteiger partial charge in [-0.3, -0.25) is 5.10 Å². The molecule has 0 saturated carbocycles. The number of hydrogen-bond donors (Lipinski definition) is 2. The van der Waals surface area contributed by atoms with Crippen molar-refractivity contribution in [2.75, 3.05) is 5.43 Å². The number of nitrogens with zero attached hydrogens (tertiary/aromatic N) is 2. The van der Waals surface area contributed by atoms with Crippen molar-refractivity contribution in [1.82, 2.24) is 14.9 Å². The molecule has 0 spiro atoms. The summed E-state index contributed by atoms with van der Waals surface area (Å²) >= 11 is 12.1. The van der Waals surface area contributed by atoms with Crippen LogP contribution in [0.5, 0.6) is 5.75 Å². The number of H-pyrrole nitrogens is 1. The van der Waals surface area contributed by atoms with Crippen molar-refractivity contribution in [2.24, 2.45) is 0 Å². The van der Waals surface area contributed by atoms with Crippen LogP contribution in [0.4, 0.5) is 0 Å². The van der Waals surface area contributed by atoms with E-state index in [1.165, 1.54) is 0 Å². The Morgan fingerprint density at radius 3 is 2.55 bits per heavy atom. The molecule has 20 heavy (non-hydrogen) atoms. The molecule has 0 radical (unpaired) electrons. The minimum atomic E-state index is 0.121. The fraction of sp³-hybridized carbons (Fsp3) is 0.333. The molecule has 108 valence electrons. The lowest BCUT2D eigenvalue weighted by atomic mass is 10.2. The van der Waals surface area contributed by atoms with Crippen LogP contribution < -0.4 is 10.2 Å². The highest BCUT2D eigenvalue weighted by Gasteiger charge is 2.10. The largest absolute Gasteiger partial charge is 0.489 e. The standard InChI is InChI=1S/C12H14Br2N4OS/c1-7(2)19-11-9(13)3-8(4-10(11)14)5-16-18-6-15-17-12(18)20/h3-4,6-7,16H,5H2,1-2H3,(H,17,20). The molecule has 2 N–H and O–H groups in total. The lowest BCUT2D eigenvalue weighted by Gasteiger charge is -2.15. The van der Waals surface area contributed by atoms with Crippen molar-refractivity contribution < 1.29 is 4.74 Å². The Hall–Kier alpha value is -0.860. The lowest BCUT2D eigenvalue weighted by molar-refractivity contribution is 0.239. The van der Waals surface area contributed by atoms with E-state index in [2.05, 4.69) is 47.5 Å². The molecule has 1 heterocycles. The zero-order valence-electron chi connectivity index (χ0n) is 11.0. The molecule has 0 amide bonds. The lowest BCUT2D eigenvalue weighted by Crippen LogP contribution is -2.13. The number of aromatic nitrogens is 3. The fourth-order valence-corrected chi connectivity index (χ4v) is 3.23. The van der Waals surface area contributed by atoms with Gasteiger partial charge in [0.1, 0.15) is 12.1 Å². The van der Waals surface area contributed by atoms with Crippen LogP contribution in [0.1, 0.15) is 19.4 Å². The van der Waals surface area contributed by atoms with E-state index in [-0.39, 0.29) is 6.10 Å². The summed E-state index contributed by atoms with van der Waals surface area (Å²) in [5.41, 5.74) is 4.25. The van der Waals surface area contributed by atoms with Gasteiger partial charge < -0.3 is 10.2 Å². The Morgan fingerprint density at radius 2 is 2.05 bits per heavy atom. The maximum Gasteiger partial charge on any atom is 0.214 e. The Morgan fingerprint density at radius 1 is 1.40 bits per heavy atom. The second kappa shape index (κ2) is 6.73. The summed E-state index contributed by atoms with van der Waals surface area (Å²) in [7, 11) is 0. The molecule has 1 aromatic carbocycles. The van der Waals surface area contributed by atoms with Gasteiger partial charge in [-0.25, -0.2) is 4.68 Å². The molecule has 0 unspecified atom stereocenters. The normalized spacial score (nSPS) is 10.8. The van der Waals surface area contributed by atoms with Crippen LogP contribution in [0, 0.1) is 4.77 Å². The fourth-order valence-electron chi connectivity index (χ4n) is 1.60. The van der Waals surface area contributed by atoms with E-state index in [1.807, 2.05) is 26.0 Å². The first-order chi connectivity index (χ1) is 9.47. The SMILES string of the molecule is CC(C)Oc1c(Br)cc(CNn2cn[nH]c2=S)cc1Br. The first-order valence-electron chi connectivity index (χ1n) is 5.98. The molecule has 0 atom stereocenters. The van der Waals surface area contributed by atoms with Gasteiger partial charge in [0.25, 0.3) is 0 Å². The number of nitrogens with one attached hydrogen (secondary N) is 2. The third kappa shape index (κ3) is 3.83. The maximum atomic E-state index is 5.75. The number of rotatable bonds is 5. The zero-order chi connectivity index (χ0) is 14.7. The van der Waals surface area contributed by atoms with Crippen LogP contribution in [-0.2, 0) is 6.54 Å².